The second-order valence-corrected chi connectivity index (χ2v) is 12.8. The van der Waals surface area contributed by atoms with Gasteiger partial charge < -0.3 is 9.04 Å². The second-order valence-electron chi connectivity index (χ2n) is 11.3. The number of unbranched alkanes of at least 4 members (excludes halogenated alkanes) is 15. The first-order valence-corrected chi connectivity index (χ1v) is 16.4. The van der Waals surface area contributed by atoms with Crippen LogP contribution in [-0.4, -0.2) is 62.5 Å². The normalized spacial score (nSPS) is 12.9. The molecule has 0 rings (SSSR count). The van der Waals surface area contributed by atoms with Crippen LogP contribution in [0.2, 0.25) is 0 Å². The minimum absolute atomic E-state index is 0.502. The van der Waals surface area contributed by atoms with E-state index in [2.05, 4.69) is 27.9 Å². The van der Waals surface area contributed by atoms with Gasteiger partial charge in [-0.05, 0) is 38.5 Å². The molecule has 0 radical (unpaired) electrons. The highest BCUT2D eigenvalue weighted by atomic mass is 32.2. The standard InChI is InChI=1S/C22H48N.C6H9F5O3S/c1-5-7-9-11-13-15-17-19-21-23(3,4)22-20-18-16-14-12-10-8-6-2;7-5(8,6(9,10)11)3-1-2-4-15(12,13)14/h5-22H2,1-4H3;1-4H2,(H,12,13,14)/q+1;/p-1. The van der Waals surface area contributed by atoms with Crippen LogP contribution in [0.4, 0.5) is 22.0 Å². The van der Waals surface area contributed by atoms with E-state index < -0.39 is 47.2 Å². The third kappa shape index (κ3) is 27.1. The second kappa shape index (κ2) is 22.2. The molecule has 0 aromatic rings. The van der Waals surface area contributed by atoms with Crippen molar-refractivity contribution in [3.05, 3.63) is 0 Å². The number of hydrogen-bond donors (Lipinski definition) is 0. The molecular formula is C28H56F5NO3S. The Morgan fingerprint density at radius 3 is 1.24 bits per heavy atom. The zero-order chi connectivity index (χ0) is 29.6. The van der Waals surface area contributed by atoms with Crippen molar-refractivity contribution in [1.29, 1.82) is 0 Å². The predicted octanol–water partition coefficient (Wildman–Crippen LogP) is 9.24. The quantitative estimate of drug-likeness (QED) is 0.0523. The van der Waals surface area contributed by atoms with Crippen molar-refractivity contribution in [2.24, 2.45) is 0 Å². The molecule has 0 saturated carbocycles. The predicted molar refractivity (Wildman–Crippen MR) is 146 cm³/mol. The van der Waals surface area contributed by atoms with Gasteiger partial charge in [0, 0.05) is 12.2 Å². The molecule has 0 bridgehead atoms. The lowest BCUT2D eigenvalue weighted by Gasteiger charge is -2.30. The number of hydrogen-bond acceptors (Lipinski definition) is 3. The fourth-order valence-electron chi connectivity index (χ4n) is 4.23. The number of halogens is 5. The molecule has 0 aliphatic rings. The summed E-state index contributed by atoms with van der Waals surface area (Å²) < 4.78 is 90.3. The van der Waals surface area contributed by atoms with Gasteiger partial charge >= 0.3 is 12.1 Å². The zero-order valence-electron chi connectivity index (χ0n) is 24.5. The average molecular weight is 582 g/mol. The summed E-state index contributed by atoms with van der Waals surface area (Å²) in [5.74, 6) is -5.76. The van der Waals surface area contributed by atoms with Gasteiger partial charge in [0.2, 0.25) is 0 Å². The summed E-state index contributed by atoms with van der Waals surface area (Å²) in [6.45, 7) is 7.36. The Labute approximate surface area is 230 Å². The van der Waals surface area contributed by atoms with Gasteiger partial charge in [-0.25, -0.2) is 8.42 Å². The van der Waals surface area contributed by atoms with Crippen molar-refractivity contribution in [3.8, 4) is 0 Å². The maximum Gasteiger partial charge on any atom is 0.453 e. The van der Waals surface area contributed by atoms with Crippen LogP contribution in [0.15, 0.2) is 0 Å². The molecule has 0 amide bonds. The van der Waals surface area contributed by atoms with E-state index in [0.717, 1.165) is 0 Å². The van der Waals surface area contributed by atoms with Crippen LogP contribution in [0.5, 0.6) is 0 Å². The maximum absolute atomic E-state index is 12.2. The smallest absolute Gasteiger partial charge is 0.453 e. The molecule has 0 aromatic carbocycles. The number of quaternary nitrogens is 1. The van der Waals surface area contributed by atoms with Gasteiger partial charge in [-0.15, -0.1) is 0 Å². The first-order valence-electron chi connectivity index (χ1n) is 14.8. The van der Waals surface area contributed by atoms with Crippen LogP contribution >= 0.6 is 0 Å². The summed E-state index contributed by atoms with van der Waals surface area (Å²) in [7, 11) is 0.313. The van der Waals surface area contributed by atoms with Gasteiger partial charge in [0.25, 0.3) is 0 Å². The molecule has 4 nitrogen and oxygen atoms in total. The lowest BCUT2D eigenvalue weighted by molar-refractivity contribution is -0.890. The number of rotatable bonds is 23. The van der Waals surface area contributed by atoms with Crippen LogP contribution in [0.3, 0.4) is 0 Å². The van der Waals surface area contributed by atoms with E-state index in [1.807, 2.05) is 0 Å². The summed E-state index contributed by atoms with van der Waals surface area (Å²) in [4.78, 5) is 0. The molecule has 38 heavy (non-hydrogen) atoms. The van der Waals surface area contributed by atoms with Crippen LogP contribution in [0.25, 0.3) is 0 Å². The summed E-state index contributed by atoms with van der Waals surface area (Å²) in [6.07, 6.45) is 14.7. The van der Waals surface area contributed by atoms with Crippen LogP contribution in [0, 0.1) is 0 Å². The number of nitrogens with zero attached hydrogens (tertiary/aromatic N) is 1. The minimum atomic E-state index is -5.64. The molecule has 0 aromatic heterocycles. The molecule has 0 unspecified atom stereocenters. The maximum atomic E-state index is 12.2. The minimum Gasteiger partial charge on any atom is -0.748 e. The molecule has 0 aliphatic carbocycles. The van der Waals surface area contributed by atoms with Crippen LogP contribution in [0.1, 0.15) is 136 Å². The van der Waals surface area contributed by atoms with Crippen molar-refractivity contribution < 1.29 is 39.4 Å². The van der Waals surface area contributed by atoms with E-state index in [1.165, 1.54) is 120 Å². The third-order valence-corrected chi connectivity index (χ3v) is 7.57. The lowest BCUT2D eigenvalue weighted by atomic mass is 10.1. The summed E-state index contributed by atoms with van der Waals surface area (Å²) in [5, 5.41) is 0. The Morgan fingerprint density at radius 2 is 0.921 bits per heavy atom. The van der Waals surface area contributed by atoms with Crippen LogP contribution < -0.4 is 0 Å². The molecule has 232 valence electrons. The molecule has 0 heterocycles. The fourth-order valence-corrected chi connectivity index (χ4v) is 4.78. The average Bonchev–Trinajstić information content (AvgIpc) is 2.79. The highest BCUT2D eigenvalue weighted by molar-refractivity contribution is 7.85. The van der Waals surface area contributed by atoms with Crippen LogP contribution in [-0.2, 0) is 10.1 Å². The fraction of sp³-hybridized carbons (Fsp3) is 1.00. The molecule has 0 fully saturated rings. The lowest BCUT2D eigenvalue weighted by Crippen LogP contribution is -2.41. The van der Waals surface area contributed by atoms with Crippen molar-refractivity contribution >= 4 is 10.1 Å². The van der Waals surface area contributed by atoms with E-state index in [1.54, 1.807) is 0 Å². The Kier molecular flexibility index (Phi) is 23.2. The van der Waals surface area contributed by atoms with E-state index in [4.69, 9.17) is 0 Å². The molecule has 0 atom stereocenters. The first-order chi connectivity index (χ1) is 17.6. The van der Waals surface area contributed by atoms with Crippen molar-refractivity contribution in [3.63, 3.8) is 0 Å². The highest BCUT2D eigenvalue weighted by Crippen LogP contribution is 2.39. The Hall–Kier alpha value is -0.480. The van der Waals surface area contributed by atoms with E-state index in [9.17, 15) is 34.9 Å². The van der Waals surface area contributed by atoms with E-state index >= 15 is 0 Å². The van der Waals surface area contributed by atoms with E-state index in [-0.39, 0.29) is 0 Å². The topological polar surface area (TPSA) is 57.2 Å². The largest absolute Gasteiger partial charge is 0.748 e. The molecule has 0 spiro atoms. The van der Waals surface area contributed by atoms with Gasteiger partial charge in [0.1, 0.15) is 0 Å². The summed E-state index contributed by atoms with van der Waals surface area (Å²) in [5.41, 5.74) is 0. The summed E-state index contributed by atoms with van der Waals surface area (Å²) >= 11 is 0. The molecule has 0 saturated heterocycles. The summed E-state index contributed by atoms with van der Waals surface area (Å²) in [6, 6.07) is 0. The number of alkyl halides is 5. The molecule has 0 N–H and O–H groups in total. The van der Waals surface area contributed by atoms with Gasteiger partial charge in [-0.2, -0.15) is 22.0 Å². The first kappa shape index (κ1) is 39.7. The highest BCUT2D eigenvalue weighted by Gasteiger charge is 2.56. The Balaban J connectivity index is 0. The Bertz CT molecular complexity index is 619. The third-order valence-electron chi connectivity index (χ3n) is 6.78. The monoisotopic (exact) mass is 581 g/mol. The Morgan fingerprint density at radius 1 is 0.579 bits per heavy atom. The molecule has 10 heteroatoms. The van der Waals surface area contributed by atoms with Crippen molar-refractivity contribution in [2.45, 2.75) is 148 Å². The molecular weight excluding hydrogens is 525 g/mol. The van der Waals surface area contributed by atoms with Crippen molar-refractivity contribution in [1.82, 2.24) is 0 Å². The van der Waals surface area contributed by atoms with Gasteiger partial charge in [0.05, 0.1) is 37.3 Å². The zero-order valence-corrected chi connectivity index (χ0v) is 25.3. The van der Waals surface area contributed by atoms with Gasteiger partial charge in [-0.3, -0.25) is 0 Å². The van der Waals surface area contributed by atoms with E-state index in [0.29, 0.717) is 0 Å². The van der Waals surface area contributed by atoms with Gasteiger partial charge in [-0.1, -0.05) is 90.9 Å². The SMILES string of the molecule is CCCCCCCCCC[N+](C)(C)CCCCCCCCCC.O=S(=O)([O-])CCCCC(F)(F)C(F)(F)F. The molecule has 0 aliphatic heterocycles. The van der Waals surface area contributed by atoms with Gasteiger partial charge in [0.15, 0.2) is 0 Å². The van der Waals surface area contributed by atoms with Crippen molar-refractivity contribution in [2.75, 3.05) is 32.9 Å².